The summed E-state index contributed by atoms with van der Waals surface area (Å²) < 4.78 is 32.4. The molecule has 0 saturated heterocycles. The van der Waals surface area contributed by atoms with Gasteiger partial charge in [0, 0.05) is 5.56 Å². The monoisotopic (exact) mass is 291 g/mol. The maximum absolute atomic E-state index is 13.6. The largest absolute Gasteiger partial charge is 0.488 e. The Morgan fingerprint density at radius 2 is 1.76 bits per heavy atom. The average Bonchev–Trinajstić information content (AvgIpc) is 2.42. The van der Waals surface area contributed by atoms with Gasteiger partial charge in [-0.25, -0.2) is 8.78 Å². The lowest BCUT2D eigenvalue weighted by Gasteiger charge is -2.14. The van der Waals surface area contributed by atoms with Crippen molar-refractivity contribution in [2.45, 2.75) is 26.9 Å². The molecule has 0 bridgehead atoms. The zero-order valence-corrected chi connectivity index (χ0v) is 12.2. The van der Waals surface area contributed by atoms with Crippen molar-refractivity contribution in [1.29, 1.82) is 0 Å². The first-order valence-corrected chi connectivity index (χ1v) is 6.88. The number of halogens is 2. The Bertz CT molecular complexity index is 618. The van der Waals surface area contributed by atoms with Crippen molar-refractivity contribution in [3.8, 4) is 5.75 Å². The van der Waals surface area contributed by atoms with Crippen molar-refractivity contribution in [2.24, 2.45) is 5.73 Å². The van der Waals surface area contributed by atoms with Gasteiger partial charge in [0.15, 0.2) is 11.6 Å². The third-order valence-corrected chi connectivity index (χ3v) is 3.36. The van der Waals surface area contributed by atoms with Gasteiger partial charge in [-0.05, 0) is 49.6 Å². The van der Waals surface area contributed by atoms with Crippen molar-refractivity contribution < 1.29 is 13.5 Å². The van der Waals surface area contributed by atoms with Gasteiger partial charge in [-0.2, -0.15) is 0 Å². The fourth-order valence-electron chi connectivity index (χ4n) is 2.39. The van der Waals surface area contributed by atoms with E-state index in [2.05, 4.69) is 0 Å². The van der Waals surface area contributed by atoms with Crippen LogP contribution in [0.1, 0.15) is 22.3 Å². The van der Waals surface area contributed by atoms with Gasteiger partial charge in [-0.3, -0.25) is 0 Å². The van der Waals surface area contributed by atoms with E-state index in [4.69, 9.17) is 10.5 Å². The predicted molar refractivity (Wildman–Crippen MR) is 79.4 cm³/mol. The van der Waals surface area contributed by atoms with Crippen LogP contribution in [0.25, 0.3) is 0 Å². The second-order valence-electron chi connectivity index (χ2n) is 5.10. The minimum atomic E-state index is -0.858. The summed E-state index contributed by atoms with van der Waals surface area (Å²) in [6.45, 7) is 4.46. The predicted octanol–water partition coefficient (Wildman–Crippen LogP) is 3.66. The van der Waals surface area contributed by atoms with Crippen molar-refractivity contribution in [3.05, 3.63) is 64.2 Å². The van der Waals surface area contributed by atoms with Crippen LogP contribution in [0.2, 0.25) is 0 Å². The highest BCUT2D eigenvalue weighted by molar-refractivity contribution is 5.43. The fourth-order valence-corrected chi connectivity index (χ4v) is 2.39. The highest BCUT2D eigenvalue weighted by atomic mass is 19.2. The van der Waals surface area contributed by atoms with Gasteiger partial charge in [0.25, 0.3) is 0 Å². The summed E-state index contributed by atoms with van der Waals surface area (Å²) >= 11 is 0. The second kappa shape index (κ2) is 6.68. The van der Waals surface area contributed by atoms with Gasteiger partial charge in [0.05, 0.1) is 0 Å². The number of benzene rings is 2. The normalized spacial score (nSPS) is 10.7. The van der Waals surface area contributed by atoms with Crippen LogP contribution >= 0.6 is 0 Å². The summed E-state index contributed by atoms with van der Waals surface area (Å²) in [5.41, 5.74) is 8.85. The van der Waals surface area contributed by atoms with E-state index in [-0.39, 0.29) is 12.2 Å². The lowest BCUT2D eigenvalue weighted by Crippen LogP contribution is -2.05. The maximum atomic E-state index is 13.6. The summed E-state index contributed by atoms with van der Waals surface area (Å²) in [6.07, 6.45) is 0.806. The quantitative estimate of drug-likeness (QED) is 0.912. The van der Waals surface area contributed by atoms with E-state index in [1.807, 2.05) is 26.0 Å². The van der Waals surface area contributed by atoms with Gasteiger partial charge in [0.1, 0.15) is 12.4 Å². The number of ether oxygens (including phenoxy) is 1. The van der Waals surface area contributed by atoms with E-state index in [1.54, 1.807) is 0 Å². The number of hydrogen-bond donors (Lipinski definition) is 1. The summed E-state index contributed by atoms with van der Waals surface area (Å²) in [7, 11) is 0. The molecular formula is C17H19F2NO. The standard InChI is InChI=1S/C17H19F2NO/c1-11-8-13(6-7-20)9-12(2)17(11)21-10-14-4-3-5-15(18)16(14)19/h3-5,8-9H,6-7,10,20H2,1-2H3. The van der Waals surface area contributed by atoms with E-state index < -0.39 is 11.6 Å². The molecule has 0 unspecified atom stereocenters. The minimum Gasteiger partial charge on any atom is -0.488 e. The highest BCUT2D eigenvalue weighted by Gasteiger charge is 2.11. The summed E-state index contributed by atoms with van der Waals surface area (Å²) in [5.74, 6) is -1.00. The van der Waals surface area contributed by atoms with Gasteiger partial charge in [-0.15, -0.1) is 0 Å². The van der Waals surface area contributed by atoms with Gasteiger partial charge >= 0.3 is 0 Å². The molecule has 112 valence electrons. The van der Waals surface area contributed by atoms with E-state index in [0.717, 1.165) is 29.2 Å². The molecule has 2 aromatic rings. The van der Waals surface area contributed by atoms with E-state index >= 15 is 0 Å². The van der Waals surface area contributed by atoms with Crippen LogP contribution in [0.3, 0.4) is 0 Å². The number of nitrogens with two attached hydrogens (primary N) is 1. The molecule has 0 radical (unpaired) electrons. The molecule has 0 aromatic heterocycles. The van der Waals surface area contributed by atoms with Gasteiger partial charge in [-0.1, -0.05) is 24.3 Å². The summed E-state index contributed by atoms with van der Waals surface area (Å²) in [5, 5.41) is 0. The molecule has 21 heavy (non-hydrogen) atoms. The van der Waals surface area contributed by atoms with Crippen molar-refractivity contribution in [1.82, 2.24) is 0 Å². The highest BCUT2D eigenvalue weighted by Crippen LogP contribution is 2.26. The Morgan fingerprint density at radius 1 is 1.10 bits per heavy atom. The Kier molecular flexibility index (Phi) is 4.91. The molecule has 0 aliphatic carbocycles. The molecule has 0 atom stereocenters. The molecule has 2 rings (SSSR count). The second-order valence-corrected chi connectivity index (χ2v) is 5.10. The van der Waals surface area contributed by atoms with Crippen LogP contribution in [-0.2, 0) is 13.0 Å². The molecule has 0 heterocycles. The third-order valence-electron chi connectivity index (χ3n) is 3.36. The SMILES string of the molecule is Cc1cc(CCN)cc(C)c1OCc1cccc(F)c1F. The van der Waals surface area contributed by atoms with Crippen LogP contribution < -0.4 is 10.5 Å². The lowest BCUT2D eigenvalue weighted by atomic mass is 10.0. The molecule has 2 nitrogen and oxygen atoms in total. The fraction of sp³-hybridized carbons (Fsp3) is 0.294. The van der Waals surface area contributed by atoms with Crippen LogP contribution in [0.15, 0.2) is 30.3 Å². The first-order valence-electron chi connectivity index (χ1n) is 6.88. The Labute approximate surface area is 123 Å². The zero-order chi connectivity index (χ0) is 15.4. The summed E-state index contributed by atoms with van der Waals surface area (Å²) in [6, 6.07) is 8.11. The third kappa shape index (κ3) is 3.58. The number of aryl methyl sites for hydroxylation is 2. The first-order chi connectivity index (χ1) is 10.0. The van der Waals surface area contributed by atoms with Gasteiger partial charge < -0.3 is 10.5 Å². The smallest absolute Gasteiger partial charge is 0.165 e. The molecule has 0 spiro atoms. The zero-order valence-electron chi connectivity index (χ0n) is 12.2. The molecule has 2 N–H and O–H groups in total. The maximum Gasteiger partial charge on any atom is 0.165 e. The Hall–Kier alpha value is -1.94. The van der Waals surface area contributed by atoms with Crippen LogP contribution in [0, 0.1) is 25.5 Å². The molecule has 0 saturated carbocycles. The van der Waals surface area contributed by atoms with Crippen molar-refractivity contribution >= 4 is 0 Å². The molecule has 2 aromatic carbocycles. The lowest BCUT2D eigenvalue weighted by molar-refractivity contribution is 0.293. The number of hydrogen-bond acceptors (Lipinski definition) is 2. The topological polar surface area (TPSA) is 35.2 Å². The van der Waals surface area contributed by atoms with Gasteiger partial charge in [0.2, 0.25) is 0 Å². The molecular weight excluding hydrogens is 272 g/mol. The molecule has 4 heteroatoms. The minimum absolute atomic E-state index is 0.00150. The molecule has 0 fully saturated rings. The van der Waals surface area contributed by atoms with Crippen LogP contribution in [0.5, 0.6) is 5.75 Å². The average molecular weight is 291 g/mol. The molecule has 0 aliphatic rings. The molecule has 0 aliphatic heterocycles. The first kappa shape index (κ1) is 15.4. The van der Waals surface area contributed by atoms with Crippen LogP contribution in [0.4, 0.5) is 8.78 Å². The van der Waals surface area contributed by atoms with E-state index in [0.29, 0.717) is 12.3 Å². The Morgan fingerprint density at radius 3 is 2.38 bits per heavy atom. The Balaban J connectivity index is 2.18. The van der Waals surface area contributed by atoms with Crippen molar-refractivity contribution in [3.63, 3.8) is 0 Å². The van der Waals surface area contributed by atoms with E-state index in [9.17, 15) is 8.78 Å². The molecule has 0 amide bonds. The number of rotatable bonds is 5. The summed E-state index contributed by atoms with van der Waals surface area (Å²) in [4.78, 5) is 0. The van der Waals surface area contributed by atoms with E-state index in [1.165, 1.54) is 12.1 Å². The van der Waals surface area contributed by atoms with Crippen molar-refractivity contribution in [2.75, 3.05) is 6.54 Å². The van der Waals surface area contributed by atoms with Crippen LogP contribution in [-0.4, -0.2) is 6.54 Å².